The van der Waals surface area contributed by atoms with Crippen molar-refractivity contribution < 1.29 is 0 Å². The van der Waals surface area contributed by atoms with E-state index >= 15 is 0 Å². The summed E-state index contributed by atoms with van der Waals surface area (Å²) in [5.41, 5.74) is 26.8. The number of para-hydroxylation sites is 9. The van der Waals surface area contributed by atoms with Crippen molar-refractivity contribution in [2.24, 2.45) is 21.1 Å². The number of hydrogen-bond acceptors (Lipinski definition) is 0. The second-order valence-electron chi connectivity index (χ2n) is 27.3. The quantitative estimate of drug-likeness (QED) is 0.169. The number of hydrogen-bond donors (Lipinski definition) is 0. The first-order valence-electron chi connectivity index (χ1n) is 34.3. The SMILES string of the molecule is Cn1c2ccccc2c2cc(-c3ccc4c(c3)c3cccc5c6ccccc6n4c53)ccc21.Cn1c2ccccc2c2cc(-c3ccc4c5cccc6c7ccccc7n(c4c3)c65)ccc21.Cn1c2ccccc2c2ccc(-c3ccc4c(c3)c3cccc5c6ccccc6n4c53)cc21. The van der Waals surface area contributed by atoms with E-state index in [9.17, 15) is 0 Å². The fourth-order valence-corrected chi connectivity index (χ4v) is 17.9. The minimum atomic E-state index is 1.25. The minimum absolute atomic E-state index is 1.25. The second kappa shape index (κ2) is 20.1. The first kappa shape index (κ1) is 54.4. The van der Waals surface area contributed by atoms with Gasteiger partial charge in [0.25, 0.3) is 0 Å². The molecule has 9 heterocycles. The Morgan fingerprint density at radius 2 is 0.343 bits per heavy atom. The topological polar surface area (TPSA) is 28.0 Å². The van der Waals surface area contributed by atoms with Crippen molar-refractivity contribution in [1.29, 1.82) is 0 Å². The molecule has 9 aromatic heterocycles. The smallest absolute Gasteiger partial charge is 0.0620 e. The molecule has 0 aliphatic heterocycles. The summed E-state index contributed by atoms with van der Waals surface area (Å²) in [5, 5.41) is 23.8. The van der Waals surface area contributed by atoms with Gasteiger partial charge in [0.05, 0.1) is 49.7 Å². The van der Waals surface area contributed by atoms with Crippen LogP contribution in [0.2, 0.25) is 0 Å². The van der Waals surface area contributed by atoms with Crippen LogP contribution >= 0.6 is 0 Å². The van der Waals surface area contributed by atoms with Crippen LogP contribution in [0, 0.1) is 0 Å². The molecular weight excluding hydrogens is 1200 g/mol. The maximum Gasteiger partial charge on any atom is 0.0620 e. The van der Waals surface area contributed by atoms with Crippen LogP contribution in [0.4, 0.5) is 0 Å². The van der Waals surface area contributed by atoms with Crippen LogP contribution in [-0.4, -0.2) is 26.9 Å². The third kappa shape index (κ3) is 7.44. The fourth-order valence-electron chi connectivity index (χ4n) is 17.9. The van der Waals surface area contributed by atoms with E-state index in [1.807, 2.05) is 0 Å². The molecule has 0 aliphatic carbocycles. The van der Waals surface area contributed by atoms with Crippen molar-refractivity contribution in [2.45, 2.75) is 0 Å². The molecule has 24 rings (SSSR count). The molecule has 0 radical (unpaired) electrons. The van der Waals surface area contributed by atoms with Crippen molar-refractivity contribution in [2.75, 3.05) is 0 Å². The lowest BCUT2D eigenvalue weighted by Gasteiger charge is -2.05. The maximum absolute atomic E-state index is 2.45. The Morgan fingerprint density at radius 1 is 0.141 bits per heavy atom. The summed E-state index contributed by atoms with van der Waals surface area (Å²) < 4.78 is 14.2. The Labute approximate surface area is 567 Å². The first-order valence-corrected chi connectivity index (χ1v) is 34.3. The third-order valence-corrected chi connectivity index (χ3v) is 22.4. The molecule has 0 saturated heterocycles. The average Bonchev–Trinajstić information content (AvgIpc) is 1.55. The second-order valence-corrected chi connectivity index (χ2v) is 27.3. The largest absolute Gasteiger partial charge is 0.344 e. The van der Waals surface area contributed by atoms with Crippen LogP contribution in [0.25, 0.3) is 213 Å². The van der Waals surface area contributed by atoms with E-state index in [2.05, 4.69) is 357 Å². The molecule has 0 aliphatic rings. The third-order valence-electron chi connectivity index (χ3n) is 22.4. The van der Waals surface area contributed by atoms with Crippen LogP contribution in [0.15, 0.2) is 309 Å². The van der Waals surface area contributed by atoms with Crippen LogP contribution < -0.4 is 0 Å². The Kier molecular flexibility index (Phi) is 11.0. The van der Waals surface area contributed by atoms with E-state index in [0.717, 1.165) is 0 Å². The first-order chi connectivity index (χ1) is 48.9. The summed E-state index contributed by atoms with van der Waals surface area (Å²) in [6.07, 6.45) is 0. The van der Waals surface area contributed by atoms with Gasteiger partial charge in [-0.1, -0.05) is 212 Å². The van der Waals surface area contributed by atoms with Gasteiger partial charge in [-0.3, -0.25) is 0 Å². The van der Waals surface area contributed by atoms with Gasteiger partial charge in [-0.15, -0.1) is 0 Å². The molecule has 15 aromatic carbocycles. The number of aryl methyl sites for hydroxylation is 3. The molecule has 6 heteroatoms. The summed E-state index contributed by atoms with van der Waals surface area (Å²) in [6, 6.07) is 114. The number of fused-ring (bicyclic) bond motifs is 27. The zero-order valence-electron chi connectivity index (χ0n) is 54.6. The predicted octanol–water partition coefficient (Wildman–Crippen LogP) is 24.4. The van der Waals surface area contributed by atoms with Crippen molar-refractivity contribution >= 4 is 180 Å². The van der Waals surface area contributed by atoms with E-state index in [4.69, 9.17) is 0 Å². The van der Waals surface area contributed by atoms with Gasteiger partial charge in [0.1, 0.15) is 0 Å². The van der Waals surface area contributed by atoms with Crippen LogP contribution in [0.5, 0.6) is 0 Å². The zero-order chi connectivity index (χ0) is 65.0. The minimum Gasteiger partial charge on any atom is -0.344 e. The highest BCUT2D eigenvalue weighted by Gasteiger charge is 2.22. The van der Waals surface area contributed by atoms with Crippen molar-refractivity contribution in [3.63, 3.8) is 0 Å². The molecule has 0 amide bonds. The molecule has 0 saturated carbocycles. The molecule has 24 aromatic rings. The highest BCUT2D eigenvalue weighted by atomic mass is 15.0. The highest BCUT2D eigenvalue weighted by Crippen LogP contribution is 2.45. The number of rotatable bonds is 3. The monoisotopic (exact) mass is 1260 g/mol. The summed E-state index contributed by atoms with van der Waals surface area (Å²) in [7, 11) is 6.47. The van der Waals surface area contributed by atoms with Crippen LogP contribution in [0.1, 0.15) is 0 Å². The Hall–Kier alpha value is -12.9. The molecule has 462 valence electrons. The lowest BCUT2D eigenvalue weighted by atomic mass is 10.00. The summed E-state index contributed by atoms with van der Waals surface area (Å²) in [4.78, 5) is 0. The van der Waals surface area contributed by atoms with Gasteiger partial charge < -0.3 is 26.9 Å². The van der Waals surface area contributed by atoms with Crippen molar-refractivity contribution in [1.82, 2.24) is 26.9 Å². The number of benzene rings is 15. The molecular formula is C93H60N6. The molecule has 6 nitrogen and oxygen atoms in total. The standard InChI is InChI=1S/3C31H20N2/c1-32-27-11-4-2-8-22(27)26-17-19(14-16-28(26)32)20-13-15-23-25-10-6-9-24-21-7-3-5-12-29(21)33(31(24)25)30(23)18-20;1-32-27-11-4-2-8-22(27)25-17-19(13-15-28(25)32)20-14-16-30-26(18-20)24-10-6-9-23-21-7-3-5-12-29(21)33(30)31(23)24;1-32-27-11-4-2-7-21(27)23-15-13-20(18-30(23)32)19-14-16-29-26(17-19)25-10-6-9-24-22-8-3-5-12-28(22)33(29)31(24)25/h3*2-18H,1H3. The van der Waals surface area contributed by atoms with E-state index in [0.29, 0.717) is 0 Å². The highest BCUT2D eigenvalue weighted by molar-refractivity contribution is 6.27. The normalized spacial score (nSPS) is 12.4. The molecule has 0 N–H and O–H groups in total. The summed E-state index contributed by atoms with van der Waals surface area (Å²) >= 11 is 0. The molecule has 0 fully saturated rings. The molecule has 0 bridgehead atoms. The van der Waals surface area contributed by atoms with E-state index in [-0.39, 0.29) is 0 Å². The molecule has 0 spiro atoms. The Bertz CT molecular complexity index is 7510. The number of nitrogens with zero attached hydrogens (tertiary/aromatic N) is 6. The van der Waals surface area contributed by atoms with Gasteiger partial charge in [0, 0.05) is 151 Å². The van der Waals surface area contributed by atoms with Gasteiger partial charge in [-0.2, -0.15) is 0 Å². The maximum atomic E-state index is 2.45. The van der Waals surface area contributed by atoms with E-state index in [1.165, 1.54) is 213 Å². The lowest BCUT2D eigenvalue weighted by molar-refractivity contribution is 1.01. The molecule has 99 heavy (non-hydrogen) atoms. The van der Waals surface area contributed by atoms with E-state index < -0.39 is 0 Å². The Balaban J connectivity index is 0.0000000949. The Morgan fingerprint density at radius 3 is 0.717 bits per heavy atom. The summed E-state index contributed by atoms with van der Waals surface area (Å²) in [6.45, 7) is 0. The van der Waals surface area contributed by atoms with Gasteiger partial charge in [-0.25, -0.2) is 0 Å². The van der Waals surface area contributed by atoms with Gasteiger partial charge in [0.2, 0.25) is 0 Å². The molecule has 0 atom stereocenters. The van der Waals surface area contributed by atoms with Gasteiger partial charge in [-0.05, 0) is 130 Å². The predicted molar refractivity (Wildman–Crippen MR) is 422 cm³/mol. The fraction of sp³-hybridized carbons (Fsp3) is 0.0323. The number of aromatic nitrogens is 6. The van der Waals surface area contributed by atoms with Crippen LogP contribution in [-0.2, 0) is 21.1 Å². The summed E-state index contributed by atoms with van der Waals surface area (Å²) in [5.74, 6) is 0. The lowest BCUT2D eigenvalue weighted by Crippen LogP contribution is -1.87. The van der Waals surface area contributed by atoms with Gasteiger partial charge in [0.15, 0.2) is 0 Å². The van der Waals surface area contributed by atoms with E-state index in [1.54, 1.807) is 0 Å². The zero-order valence-corrected chi connectivity index (χ0v) is 54.6. The molecule has 0 unspecified atom stereocenters. The van der Waals surface area contributed by atoms with Crippen molar-refractivity contribution in [3.8, 4) is 33.4 Å². The van der Waals surface area contributed by atoms with Crippen LogP contribution in [0.3, 0.4) is 0 Å². The van der Waals surface area contributed by atoms with Crippen molar-refractivity contribution in [3.05, 3.63) is 309 Å². The average molecular weight is 1260 g/mol. The van der Waals surface area contributed by atoms with Gasteiger partial charge >= 0.3 is 0 Å².